The fourth-order valence-electron chi connectivity index (χ4n) is 1.77. The van der Waals surface area contributed by atoms with E-state index in [0.717, 1.165) is 6.42 Å². The van der Waals surface area contributed by atoms with Crippen LogP contribution >= 0.6 is 0 Å². The number of carboxylic acid groups (broad SMARTS) is 1. The molecule has 0 atom stereocenters. The van der Waals surface area contributed by atoms with E-state index in [-0.39, 0.29) is 18.7 Å². The number of amides is 2. The van der Waals surface area contributed by atoms with Gasteiger partial charge in [-0.25, -0.2) is 13.2 Å². The largest absolute Gasteiger partial charge is 0.481 e. The van der Waals surface area contributed by atoms with Gasteiger partial charge in [-0.1, -0.05) is 13.3 Å². The topological polar surface area (TPSA) is 116 Å². The molecule has 0 aliphatic carbocycles. The van der Waals surface area contributed by atoms with Crippen LogP contribution in [0.4, 0.5) is 16.2 Å². The smallest absolute Gasteiger partial charge is 0.321 e. The summed E-state index contributed by atoms with van der Waals surface area (Å²) in [4.78, 5) is 23.6. The van der Waals surface area contributed by atoms with Crippen LogP contribution in [-0.2, 0) is 14.8 Å². The van der Waals surface area contributed by atoms with E-state index in [1.165, 1.54) is 11.9 Å². The monoisotopic (exact) mass is 357 g/mol. The maximum absolute atomic E-state index is 11.9. The Balaban J connectivity index is 2.58. The number of anilines is 2. The van der Waals surface area contributed by atoms with Gasteiger partial charge in [-0.3, -0.25) is 9.52 Å². The van der Waals surface area contributed by atoms with Gasteiger partial charge in [0.05, 0.1) is 12.2 Å². The molecule has 0 saturated heterocycles. The number of urea groups is 1. The number of nitrogens with one attached hydrogen (secondary N) is 2. The Bertz CT molecular complexity index is 658. The van der Waals surface area contributed by atoms with Gasteiger partial charge in [0.1, 0.15) is 0 Å². The summed E-state index contributed by atoms with van der Waals surface area (Å²) in [6, 6.07) is 5.81. The molecule has 0 fully saturated rings. The van der Waals surface area contributed by atoms with Crippen molar-refractivity contribution in [2.45, 2.75) is 26.2 Å². The van der Waals surface area contributed by atoms with Crippen molar-refractivity contribution in [1.82, 2.24) is 4.90 Å². The lowest BCUT2D eigenvalue weighted by Crippen LogP contribution is -2.33. The first-order chi connectivity index (χ1) is 11.2. The number of hydrogen-bond acceptors (Lipinski definition) is 4. The number of rotatable bonds is 9. The van der Waals surface area contributed by atoms with E-state index in [1.54, 1.807) is 24.3 Å². The molecule has 1 aromatic rings. The van der Waals surface area contributed by atoms with Crippen LogP contribution < -0.4 is 10.0 Å². The van der Waals surface area contributed by atoms with Crippen molar-refractivity contribution in [3.8, 4) is 0 Å². The number of nitrogens with zero attached hydrogens (tertiary/aromatic N) is 1. The Kier molecular flexibility index (Phi) is 7.50. The van der Waals surface area contributed by atoms with Gasteiger partial charge < -0.3 is 15.3 Å². The summed E-state index contributed by atoms with van der Waals surface area (Å²) < 4.78 is 26.1. The van der Waals surface area contributed by atoms with E-state index in [4.69, 9.17) is 5.11 Å². The molecule has 0 radical (unpaired) electrons. The molecule has 0 unspecified atom stereocenters. The predicted molar refractivity (Wildman–Crippen MR) is 92.7 cm³/mol. The van der Waals surface area contributed by atoms with Crippen molar-refractivity contribution in [2.75, 3.05) is 29.4 Å². The Morgan fingerprint density at radius 3 is 2.29 bits per heavy atom. The average Bonchev–Trinajstić information content (AvgIpc) is 2.52. The highest BCUT2D eigenvalue weighted by Gasteiger charge is 2.12. The summed E-state index contributed by atoms with van der Waals surface area (Å²) in [6.45, 7) is 2.01. The number of carboxylic acids is 1. The van der Waals surface area contributed by atoms with Gasteiger partial charge in [0.25, 0.3) is 0 Å². The van der Waals surface area contributed by atoms with Crippen molar-refractivity contribution >= 4 is 33.4 Å². The third-order valence-electron chi connectivity index (χ3n) is 3.18. The Morgan fingerprint density at radius 1 is 1.17 bits per heavy atom. The minimum Gasteiger partial charge on any atom is -0.481 e. The van der Waals surface area contributed by atoms with Crippen molar-refractivity contribution < 1.29 is 23.1 Å². The van der Waals surface area contributed by atoms with Gasteiger partial charge in [0.2, 0.25) is 10.0 Å². The summed E-state index contributed by atoms with van der Waals surface area (Å²) in [7, 11) is -1.87. The Hall–Kier alpha value is -2.29. The summed E-state index contributed by atoms with van der Waals surface area (Å²) in [5.41, 5.74) is 0.905. The molecular weight excluding hydrogens is 334 g/mol. The highest BCUT2D eigenvalue weighted by molar-refractivity contribution is 7.92. The second-order valence-corrected chi connectivity index (χ2v) is 7.19. The van der Waals surface area contributed by atoms with Crippen molar-refractivity contribution in [3.05, 3.63) is 24.3 Å². The van der Waals surface area contributed by atoms with E-state index in [9.17, 15) is 18.0 Å². The lowest BCUT2D eigenvalue weighted by atomic mass is 10.3. The predicted octanol–water partition coefficient (Wildman–Crippen LogP) is 2.17. The number of hydrogen-bond donors (Lipinski definition) is 3. The van der Waals surface area contributed by atoms with Crippen LogP contribution in [0.5, 0.6) is 0 Å². The average molecular weight is 357 g/mol. The maximum atomic E-state index is 11.9. The molecule has 134 valence electrons. The third kappa shape index (κ3) is 7.32. The van der Waals surface area contributed by atoms with Crippen LogP contribution in [0.3, 0.4) is 0 Å². The number of carbonyl (C=O) groups is 2. The molecular formula is C15H23N3O5S. The number of sulfonamides is 1. The van der Waals surface area contributed by atoms with Gasteiger partial charge in [-0.2, -0.15) is 0 Å². The molecule has 1 rings (SSSR count). The zero-order chi connectivity index (χ0) is 18.2. The summed E-state index contributed by atoms with van der Waals surface area (Å²) in [5.74, 6) is -0.912. The lowest BCUT2D eigenvalue weighted by molar-refractivity contribution is -0.137. The van der Waals surface area contributed by atoms with Gasteiger partial charge >= 0.3 is 12.0 Å². The molecule has 9 heteroatoms. The number of unbranched alkanes of at least 4 members (excludes halogenated alkanes) is 1. The van der Waals surface area contributed by atoms with Crippen LogP contribution in [0.2, 0.25) is 0 Å². The molecule has 0 aromatic heterocycles. The normalized spacial score (nSPS) is 10.9. The van der Waals surface area contributed by atoms with Crippen molar-refractivity contribution in [2.24, 2.45) is 0 Å². The highest BCUT2D eigenvalue weighted by atomic mass is 32.2. The molecule has 0 bridgehead atoms. The molecule has 0 aliphatic rings. The van der Waals surface area contributed by atoms with Crippen LogP contribution in [0.25, 0.3) is 0 Å². The molecule has 2 amide bonds. The Morgan fingerprint density at radius 2 is 1.75 bits per heavy atom. The fourth-order valence-corrected chi connectivity index (χ4v) is 3.04. The molecule has 1 aromatic carbocycles. The van der Waals surface area contributed by atoms with E-state index in [0.29, 0.717) is 17.8 Å². The first kappa shape index (κ1) is 19.8. The second kappa shape index (κ2) is 9.11. The van der Waals surface area contributed by atoms with E-state index < -0.39 is 22.0 Å². The van der Waals surface area contributed by atoms with Crippen LogP contribution in [0.1, 0.15) is 26.2 Å². The molecule has 3 N–H and O–H groups in total. The number of aliphatic carboxylic acids is 1. The van der Waals surface area contributed by atoms with Crippen molar-refractivity contribution in [1.29, 1.82) is 0 Å². The van der Waals surface area contributed by atoms with Gasteiger partial charge in [0, 0.05) is 25.0 Å². The molecule has 0 aliphatic heterocycles. The van der Waals surface area contributed by atoms with E-state index in [1.807, 2.05) is 6.92 Å². The minimum atomic E-state index is -3.36. The first-order valence-corrected chi connectivity index (χ1v) is 9.23. The molecule has 0 heterocycles. The SMILES string of the molecule is CCCCS(=O)(=O)Nc1ccc(NC(=O)N(C)CCC(=O)O)cc1. The van der Waals surface area contributed by atoms with Crippen LogP contribution in [0, 0.1) is 0 Å². The van der Waals surface area contributed by atoms with E-state index >= 15 is 0 Å². The molecule has 24 heavy (non-hydrogen) atoms. The number of carbonyl (C=O) groups excluding carboxylic acids is 1. The number of benzene rings is 1. The summed E-state index contributed by atoms with van der Waals surface area (Å²) in [6.07, 6.45) is 1.25. The molecule has 8 nitrogen and oxygen atoms in total. The van der Waals surface area contributed by atoms with Gasteiger partial charge in [-0.05, 0) is 30.7 Å². The van der Waals surface area contributed by atoms with Crippen LogP contribution in [-0.4, -0.2) is 49.8 Å². The van der Waals surface area contributed by atoms with Crippen molar-refractivity contribution in [3.63, 3.8) is 0 Å². The maximum Gasteiger partial charge on any atom is 0.321 e. The highest BCUT2D eigenvalue weighted by Crippen LogP contribution is 2.15. The third-order valence-corrected chi connectivity index (χ3v) is 4.56. The first-order valence-electron chi connectivity index (χ1n) is 7.58. The van der Waals surface area contributed by atoms with E-state index in [2.05, 4.69) is 10.0 Å². The van der Waals surface area contributed by atoms with Crippen LogP contribution in [0.15, 0.2) is 24.3 Å². The zero-order valence-corrected chi connectivity index (χ0v) is 14.6. The Labute approximate surface area is 141 Å². The van der Waals surface area contributed by atoms with Gasteiger partial charge in [0.15, 0.2) is 0 Å². The quantitative estimate of drug-likeness (QED) is 0.626. The fraction of sp³-hybridized carbons (Fsp3) is 0.467. The summed E-state index contributed by atoms with van der Waals surface area (Å²) in [5, 5.41) is 11.2. The molecule has 0 spiro atoms. The molecule has 0 saturated carbocycles. The minimum absolute atomic E-state index is 0.0658. The zero-order valence-electron chi connectivity index (χ0n) is 13.8. The van der Waals surface area contributed by atoms with Gasteiger partial charge in [-0.15, -0.1) is 0 Å². The standard InChI is InChI=1S/C15H23N3O5S/c1-3-4-11-24(22,23)17-13-7-5-12(6-8-13)16-15(21)18(2)10-9-14(19)20/h5-8,17H,3-4,9-11H2,1-2H3,(H,16,21)(H,19,20). The second-order valence-electron chi connectivity index (χ2n) is 5.35. The summed E-state index contributed by atoms with van der Waals surface area (Å²) >= 11 is 0. The lowest BCUT2D eigenvalue weighted by Gasteiger charge is -2.17.